The van der Waals surface area contributed by atoms with Crippen molar-refractivity contribution < 1.29 is 17.9 Å². The average Bonchev–Trinajstić information content (AvgIpc) is 1.59. The second-order valence-electron chi connectivity index (χ2n) is 2.03. The fourth-order valence-corrected chi connectivity index (χ4v) is 0.274. The molecule has 0 aromatic heterocycles. The van der Waals surface area contributed by atoms with Gasteiger partial charge in [-0.05, 0) is 13.8 Å². The topological polar surface area (TPSA) is 9.23 Å². The molecule has 0 amide bonds. The number of hydrogen-bond acceptors (Lipinski definition) is 1. The van der Waals surface area contributed by atoms with Crippen molar-refractivity contribution in [2.24, 2.45) is 0 Å². The summed E-state index contributed by atoms with van der Waals surface area (Å²) in [4.78, 5) is 0. The largest absolute Gasteiger partial charge is 0.499 e. The van der Waals surface area contributed by atoms with Gasteiger partial charge in [0.15, 0.2) is 0 Å². The zero-order valence-corrected chi connectivity index (χ0v) is 5.77. The predicted octanol–water partition coefficient (Wildman–Crippen LogP) is 2.49. The van der Waals surface area contributed by atoms with E-state index in [0.29, 0.717) is 6.26 Å². The molecule has 4 heteroatoms. The van der Waals surface area contributed by atoms with Gasteiger partial charge in [0, 0.05) is 0 Å². The Morgan fingerprint density at radius 1 is 1.30 bits per heavy atom. The molecule has 0 unspecified atom stereocenters. The van der Waals surface area contributed by atoms with Crippen molar-refractivity contribution in [1.29, 1.82) is 0 Å². The van der Waals surface area contributed by atoms with Gasteiger partial charge in [0.1, 0.15) is 0 Å². The Balaban J connectivity index is 3.57. The van der Waals surface area contributed by atoms with Gasteiger partial charge in [0.05, 0.1) is 18.4 Å². The molecule has 1 nitrogen and oxygen atoms in total. The van der Waals surface area contributed by atoms with Gasteiger partial charge in [-0.2, -0.15) is 13.2 Å². The van der Waals surface area contributed by atoms with Crippen molar-refractivity contribution in [3.05, 3.63) is 12.3 Å². The van der Waals surface area contributed by atoms with Gasteiger partial charge in [-0.15, -0.1) is 0 Å². The number of allylic oxidation sites excluding steroid dienone is 1. The number of alkyl halides is 3. The highest BCUT2D eigenvalue weighted by Crippen LogP contribution is 2.15. The van der Waals surface area contributed by atoms with E-state index in [1.165, 1.54) is 0 Å². The minimum Gasteiger partial charge on any atom is -0.499 e. The molecule has 0 aromatic carbocycles. The van der Waals surface area contributed by atoms with Crippen LogP contribution in [0.25, 0.3) is 0 Å². The van der Waals surface area contributed by atoms with Crippen LogP contribution in [0.4, 0.5) is 13.2 Å². The summed E-state index contributed by atoms with van der Waals surface area (Å²) in [5.74, 6) is 0. The molecular weight excluding hydrogens is 145 g/mol. The number of hydrogen-bond donors (Lipinski definition) is 0. The number of rotatable bonds is 2. The van der Waals surface area contributed by atoms with Gasteiger partial charge in [0.25, 0.3) is 0 Å². The van der Waals surface area contributed by atoms with Crippen LogP contribution in [0.15, 0.2) is 12.3 Å². The van der Waals surface area contributed by atoms with E-state index < -0.39 is 6.18 Å². The maximum absolute atomic E-state index is 11.3. The van der Waals surface area contributed by atoms with Gasteiger partial charge >= 0.3 is 6.18 Å². The SMILES string of the molecule is CC(C)O/C=C\C(F)(F)F. The van der Waals surface area contributed by atoms with Crippen LogP contribution in [0, 0.1) is 0 Å². The Morgan fingerprint density at radius 3 is 2.10 bits per heavy atom. The standard InChI is InChI=1S/C6H9F3O/c1-5(2)10-4-3-6(7,8)9/h3-5H,1-2H3/b4-3-. The van der Waals surface area contributed by atoms with Crippen LogP contribution in [0.5, 0.6) is 0 Å². The van der Waals surface area contributed by atoms with Crippen molar-refractivity contribution in [2.75, 3.05) is 0 Å². The monoisotopic (exact) mass is 154 g/mol. The lowest BCUT2D eigenvalue weighted by Crippen LogP contribution is -2.02. The van der Waals surface area contributed by atoms with E-state index in [2.05, 4.69) is 4.74 Å². The van der Waals surface area contributed by atoms with Crippen molar-refractivity contribution >= 4 is 0 Å². The molecule has 0 heterocycles. The lowest BCUT2D eigenvalue weighted by Gasteiger charge is -2.03. The Hall–Kier alpha value is -0.670. The molecule has 60 valence electrons. The maximum atomic E-state index is 11.3. The summed E-state index contributed by atoms with van der Waals surface area (Å²) in [7, 11) is 0. The molecular formula is C6H9F3O. The first-order chi connectivity index (χ1) is 4.42. The minimum absolute atomic E-state index is 0.0625. The Morgan fingerprint density at radius 2 is 1.80 bits per heavy atom. The molecule has 0 fully saturated rings. The lowest BCUT2D eigenvalue weighted by molar-refractivity contribution is -0.0819. The van der Waals surface area contributed by atoms with Crippen LogP contribution in [0.3, 0.4) is 0 Å². The summed E-state index contributed by atoms with van der Waals surface area (Å²) in [6, 6.07) is 0. The molecule has 0 aromatic rings. The predicted molar refractivity (Wildman–Crippen MR) is 31.4 cm³/mol. The van der Waals surface area contributed by atoms with E-state index in [-0.39, 0.29) is 12.2 Å². The summed E-state index contributed by atoms with van der Waals surface area (Å²) < 4.78 is 38.5. The fourth-order valence-electron chi connectivity index (χ4n) is 0.274. The van der Waals surface area contributed by atoms with Gasteiger partial charge < -0.3 is 4.74 Å². The molecule has 0 bridgehead atoms. The highest BCUT2D eigenvalue weighted by atomic mass is 19.4. The van der Waals surface area contributed by atoms with Crippen LogP contribution < -0.4 is 0 Å². The number of ether oxygens (including phenoxy) is 1. The summed E-state index contributed by atoms with van der Waals surface area (Å²) >= 11 is 0. The van der Waals surface area contributed by atoms with Crippen LogP contribution in [-0.4, -0.2) is 12.3 Å². The molecule has 0 saturated heterocycles. The molecule has 0 aliphatic rings. The lowest BCUT2D eigenvalue weighted by atomic mass is 10.5. The zero-order chi connectivity index (χ0) is 8.20. The summed E-state index contributed by atoms with van der Waals surface area (Å²) in [5.41, 5.74) is 0. The second kappa shape index (κ2) is 3.49. The van der Waals surface area contributed by atoms with Crippen molar-refractivity contribution in [1.82, 2.24) is 0 Å². The normalized spacial score (nSPS) is 13.0. The van der Waals surface area contributed by atoms with Gasteiger partial charge in [-0.25, -0.2) is 0 Å². The molecule has 0 spiro atoms. The van der Waals surface area contributed by atoms with E-state index in [9.17, 15) is 13.2 Å². The first-order valence-electron chi connectivity index (χ1n) is 2.82. The smallest absolute Gasteiger partial charge is 0.412 e. The third kappa shape index (κ3) is 7.33. The van der Waals surface area contributed by atoms with E-state index in [1.807, 2.05) is 0 Å². The Kier molecular flexibility index (Phi) is 3.25. The van der Waals surface area contributed by atoms with Crippen LogP contribution >= 0.6 is 0 Å². The van der Waals surface area contributed by atoms with Crippen LogP contribution in [0.2, 0.25) is 0 Å². The molecule has 0 saturated carbocycles. The highest BCUT2D eigenvalue weighted by Gasteiger charge is 2.22. The molecule has 0 atom stereocenters. The van der Waals surface area contributed by atoms with E-state index >= 15 is 0 Å². The van der Waals surface area contributed by atoms with Gasteiger partial charge in [-0.1, -0.05) is 0 Å². The van der Waals surface area contributed by atoms with Crippen molar-refractivity contribution in [2.45, 2.75) is 26.1 Å². The molecule has 0 aliphatic carbocycles. The molecule has 10 heavy (non-hydrogen) atoms. The van der Waals surface area contributed by atoms with E-state index in [4.69, 9.17) is 0 Å². The molecule has 0 aliphatic heterocycles. The second-order valence-corrected chi connectivity index (χ2v) is 2.03. The first-order valence-corrected chi connectivity index (χ1v) is 2.82. The fraction of sp³-hybridized carbons (Fsp3) is 0.667. The van der Waals surface area contributed by atoms with Crippen LogP contribution in [0.1, 0.15) is 13.8 Å². The molecule has 0 radical (unpaired) electrons. The quantitative estimate of drug-likeness (QED) is 0.555. The summed E-state index contributed by atoms with van der Waals surface area (Å²) in [5, 5.41) is 0. The molecule has 0 rings (SSSR count). The summed E-state index contributed by atoms with van der Waals surface area (Å²) in [6.45, 7) is 3.31. The van der Waals surface area contributed by atoms with Crippen molar-refractivity contribution in [3.63, 3.8) is 0 Å². The Bertz CT molecular complexity index is 115. The minimum atomic E-state index is -4.27. The third-order valence-corrected chi connectivity index (χ3v) is 0.608. The first kappa shape index (κ1) is 9.33. The average molecular weight is 154 g/mol. The highest BCUT2D eigenvalue weighted by molar-refractivity contribution is 4.82. The zero-order valence-electron chi connectivity index (χ0n) is 5.77. The third-order valence-electron chi connectivity index (χ3n) is 0.608. The number of halogens is 3. The van der Waals surface area contributed by atoms with E-state index in [1.54, 1.807) is 13.8 Å². The van der Waals surface area contributed by atoms with Crippen molar-refractivity contribution in [3.8, 4) is 0 Å². The Labute approximate surface area is 57.5 Å². The van der Waals surface area contributed by atoms with E-state index in [0.717, 1.165) is 0 Å². The van der Waals surface area contributed by atoms with Gasteiger partial charge in [0.2, 0.25) is 0 Å². The summed E-state index contributed by atoms with van der Waals surface area (Å²) in [6.07, 6.45) is -3.76. The molecule has 0 N–H and O–H groups in total. The maximum Gasteiger partial charge on any atom is 0.412 e. The van der Waals surface area contributed by atoms with Gasteiger partial charge in [-0.3, -0.25) is 0 Å². The van der Waals surface area contributed by atoms with Crippen LogP contribution in [-0.2, 0) is 4.74 Å².